The Bertz CT molecular complexity index is 1280. The fraction of sp³-hybridized carbons (Fsp3) is 0.222. The van der Waals surface area contributed by atoms with Gasteiger partial charge in [-0.3, -0.25) is 4.79 Å². The Labute approximate surface area is 189 Å². The Morgan fingerprint density at radius 1 is 0.781 bits per heavy atom. The summed E-state index contributed by atoms with van der Waals surface area (Å²) in [5, 5.41) is 0. The summed E-state index contributed by atoms with van der Waals surface area (Å²) in [6.07, 6.45) is 0.366. The Kier molecular flexibility index (Phi) is 5.31. The third-order valence-electron chi connectivity index (χ3n) is 6.58. The lowest BCUT2D eigenvalue weighted by molar-refractivity contribution is -0.114. The molecular formula is C27H25NO3S. The molecule has 1 fully saturated rings. The van der Waals surface area contributed by atoms with Gasteiger partial charge in [0, 0.05) is 31.0 Å². The van der Waals surface area contributed by atoms with Gasteiger partial charge in [-0.1, -0.05) is 78.4 Å². The number of aryl methyl sites for hydroxylation is 1. The van der Waals surface area contributed by atoms with Crippen molar-refractivity contribution in [3.05, 3.63) is 102 Å². The van der Waals surface area contributed by atoms with Crippen molar-refractivity contribution in [2.45, 2.75) is 18.2 Å². The van der Waals surface area contributed by atoms with Gasteiger partial charge in [0.15, 0.2) is 5.78 Å². The number of rotatable bonds is 4. The molecule has 32 heavy (non-hydrogen) atoms. The summed E-state index contributed by atoms with van der Waals surface area (Å²) in [5.74, 6) is 0.0433. The molecule has 2 aliphatic rings. The maximum Gasteiger partial charge on any atom is 0.243 e. The number of ketones is 1. The molecule has 1 saturated heterocycles. The maximum absolute atomic E-state index is 13.4. The van der Waals surface area contributed by atoms with Crippen molar-refractivity contribution >= 4 is 27.0 Å². The zero-order chi connectivity index (χ0) is 22.3. The fourth-order valence-corrected chi connectivity index (χ4v) is 6.52. The molecule has 1 heterocycles. The lowest BCUT2D eigenvalue weighted by Crippen LogP contribution is -2.29. The molecule has 0 saturated carbocycles. The van der Waals surface area contributed by atoms with Crippen LogP contribution in [0.4, 0.5) is 0 Å². The Balaban J connectivity index is 1.60. The van der Waals surface area contributed by atoms with E-state index in [0.717, 1.165) is 27.8 Å². The molecule has 0 aromatic heterocycles. The van der Waals surface area contributed by atoms with E-state index in [1.54, 1.807) is 16.4 Å². The minimum atomic E-state index is -3.62. The molecule has 3 aromatic rings. The maximum atomic E-state index is 13.4. The number of nitrogens with zero attached hydrogens (tertiary/aromatic N) is 1. The summed E-state index contributed by atoms with van der Waals surface area (Å²) in [4.78, 5) is 13.7. The molecule has 4 nitrogen and oxygen atoms in total. The smallest absolute Gasteiger partial charge is 0.243 e. The number of sulfonamides is 1. The zero-order valence-electron chi connectivity index (χ0n) is 17.9. The Morgan fingerprint density at radius 3 is 2.00 bits per heavy atom. The second kappa shape index (κ2) is 8.15. The van der Waals surface area contributed by atoms with Crippen molar-refractivity contribution in [2.24, 2.45) is 11.8 Å². The molecule has 0 unspecified atom stereocenters. The molecule has 0 amide bonds. The highest BCUT2D eigenvalue weighted by Gasteiger charge is 2.46. The van der Waals surface area contributed by atoms with Crippen LogP contribution in [0.15, 0.2) is 89.8 Å². The second-order valence-corrected chi connectivity index (χ2v) is 10.6. The average molecular weight is 444 g/mol. The van der Waals surface area contributed by atoms with Gasteiger partial charge < -0.3 is 0 Å². The first-order chi connectivity index (χ1) is 15.4. The molecule has 0 bridgehead atoms. The van der Waals surface area contributed by atoms with Crippen LogP contribution < -0.4 is 0 Å². The first-order valence-corrected chi connectivity index (χ1v) is 12.3. The summed E-state index contributed by atoms with van der Waals surface area (Å²) in [7, 11) is -3.62. The number of carbonyl (C=O) groups excluding carboxylic acids is 1. The molecule has 0 radical (unpaired) electrons. The molecule has 3 aromatic carbocycles. The molecule has 0 N–H and O–H groups in total. The van der Waals surface area contributed by atoms with Crippen molar-refractivity contribution in [2.75, 3.05) is 13.1 Å². The summed E-state index contributed by atoms with van der Waals surface area (Å²) in [5.41, 5.74) is 4.61. The van der Waals surface area contributed by atoms with Crippen LogP contribution in [0.1, 0.15) is 23.1 Å². The molecule has 0 spiro atoms. The van der Waals surface area contributed by atoms with Gasteiger partial charge in [-0.15, -0.1) is 0 Å². The van der Waals surface area contributed by atoms with E-state index in [-0.39, 0.29) is 17.6 Å². The Hall–Kier alpha value is -3.02. The van der Waals surface area contributed by atoms with E-state index in [1.165, 1.54) is 0 Å². The lowest BCUT2D eigenvalue weighted by atomic mass is 9.72. The van der Waals surface area contributed by atoms with Crippen molar-refractivity contribution in [3.8, 4) is 0 Å². The molecule has 1 aliphatic heterocycles. The standard InChI is InChI=1S/C27H25NO3S/c1-19-12-14-23(15-13-19)32(30,31)28-17-22-16-25(29)27(21-10-6-3-7-11-21)26(24(22)18-28)20-8-4-2-5-9-20/h2-15,22,24H,16-18H2,1H3/t22-,24-/m0/s1. The minimum absolute atomic E-state index is 0.0227. The minimum Gasteiger partial charge on any atom is -0.294 e. The first-order valence-electron chi connectivity index (χ1n) is 10.9. The van der Waals surface area contributed by atoms with Gasteiger partial charge in [-0.05, 0) is 41.7 Å². The van der Waals surface area contributed by atoms with E-state index in [1.807, 2.05) is 79.7 Å². The van der Waals surface area contributed by atoms with E-state index in [9.17, 15) is 13.2 Å². The third-order valence-corrected chi connectivity index (χ3v) is 8.43. The molecule has 5 rings (SSSR count). The van der Waals surface area contributed by atoms with E-state index >= 15 is 0 Å². The van der Waals surface area contributed by atoms with Gasteiger partial charge in [-0.2, -0.15) is 4.31 Å². The summed E-state index contributed by atoms with van der Waals surface area (Å²) in [6, 6.07) is 26.6. The third kappa shape index (κ3) is 3.61. The van der Waals surface area contributed by atoms with Crippen LogP contribution >= 0.6 is 0 Å². The van der Waals surface area contributed by atoms with Crippen LogP contribution in [0.2, 0.25) is 0 Å². The number of hydrogen-bond acceptors (Lipinski definition) is 3. The predicted octanol–water partition coefficient (Wildman–Crippen LogP) is 4.82. The van der Waals surface area contributed by atoms with Gasteiger partial charge in [0.25, 0.3) is 0 Å². The number of allylic oxidation sites excluding steroid dienone is 1. The monoisotopic (exact) mass is 443 g/mol. The highest BCUT2D eigenvalue weighted by molar-refractivity contribution is 7.89. The van der Waals surface area contributed by atoms with Crippen LogP contribution in [-0.4, -0.2) is 31.6 Å². The summed E-state index contributed by atoms with van der Waals surface area (Å²) < 4.78 is 28.3. The molecule has 2 atom stereocenters. The SMILES string of the molecule is Cc1ccc(S(=O)(=O)N2C[C@@H]3CC(=O)C(c4ccccc4)=C(c4ccccc4)[C@H]3C2)cc1. The van der Waals surface area contributed by atoms with E-state index in [4.69, 9.17) is 0 Å². The molecule has 162 valence electrons. The zero-order valence-corrected chi connectivity index (χ0v) is 18.8. The molecule has 1 aliphatic carbocycles. The first kappa shape index (κ1) is 20.9. The topological polar surface area (TPSA) is 54.5 Å². The highest BCUT2D eigenvalue weighted by atomic mass is 32.2. The molecule has 5 heteroatoms. The highest BCUT2D eigenvalue weighted by Crippen LogP contribution is 2.47. The van der Waals surface area contributed by atoms with Crippen LogP contribution in [0, 0.1) is 18.8 Å². The number of hydrogen-bond donors (Lipinski definition) is 0. The van der Waals surface area contributed by atoms with Crippen LogP contribution in [0.5, 0.6) is 0 Å². The summed E-state index contributed by atoms with van der Waals surface area (Å²) >= 11 is 0. The average Bonchev–Trinajstić information content (AvgIpc) is 3.24. The van der Waals surface area contributed by atoms with Gasteiger partial charge in [-0.25, -0.2) is 8.42 Å². The van der Waals surface area contributed by atoms with Gasteiger partial charge >= 0.3 is 0 Å². The number of benzene rings is 3. The largest absolute Gasteiger partial charge is 0.294 e. The fourth-order valence-electron chi connectivity index (χ4n) is 4.99. The quantitative estimate of drug-likeness (QED) is 0.581. The van der Waals surface area contributed by atoms with Crippen LogP contribution in [-0.2, 0) is 14.8 Å². The van der Waals surface area contributed by atoms with Crippen molar-refractivity contribution in [1.29, 1.82) is 0 Å². The van der Waals surface area contributed by atoms with E-state index in [0.29, 0.717) is 24.4 Å². The number of fused-ring (bicyclic) bond motifs is 1. The second-order valence-electron chi connectivity index (χ2n) is 8.65. The van der Waals surface area contributed by atoms with Crippen molar-refractivity contribution < 1.29 is 13.2 Å². The van der Waals surface area contributed by atoms with Crippen molar-refractivity contribution in [1.82, 2.24) is 4.31 Å². The van der Waals surface area contributed by atoms with E-state index in [2.05, 4.69) is 0 Å². The van der Waals surface area contributed by atoms with Gasteiger partial charge in [0.2, 0.25) is 10.0 Å². The normalized spacial score (nSPS) is 21.6. The van der Waals surface area contributed by atoms with Crippen LogP contribution in [0.3, 0.4) is 0 Å². The lowest BCUT2D eigenvalue weighted by Gasteiger charge is -2.30. The van der Waals surface area contributed by atoms with Gasteiger partial charge in [0.05, 0.1) is 4.90 Å². The number of carbonyl (C=O) groups is 1. The predicted molar refractivity (Wildman–Crippen MR) is 126 cm³/mol. The summed E-state index contributed by atoms with van der Waals surface area (Å²) in [6.45, 7) is 2.69. The van der Waals surface area contributed by atoms with E-state index < -0.39 is 10.0 Å². The van der Waals surface area contributed by atoms with Crippen LogP contribution in [0.25, 0.3) is 11.1 Å². The van der Waals surface area contributed by atoms with Gasteiger partial charge in [0.1, 0.15) is 0 Å². The number of Topliss-reactive ketones (excluding diaryl/α,β-unsaturated/α-hetero) is 1. The van der Waals surface area contributed by atoms with Crippen molar-refractivity contribution in [3.63, 3.8) is 0 Å². The molecular weight excluding hydrogens is 418 g/mol. The Morgan fingerprint density at radius 2 is 1.38 bits per heavy atom.